The zero-order valence-corrected chi connectivity index (χ0v) is 18.0. The van der Waals surface area contributed by atoms with Gasteiger partial charge in [-0.25, -0.2) is 4.79 Å². The predicted molar refractivity (Wildman–Crippen MR) is 123 cm³/mol. The van der Waals surface area contributed by atoms with E-state index in [1.165, 1.54) is 76.3 Å². The third-order valence-corrected chi connectivity index (χ3v) is 4.93. The van der Waals surface area contributed by atoms with Crippen molar-refractivity contribution in [3.8, 4) is 5.75 Å². The predicted octanol–water partition coefficient (Wildman–Crippen LogP) is 7.32. The number of allylic oxidation sites excluding steroid dienone is 4. The molecule has 0 amide bonds. The molecule has 1 rings (SSSR count). The number of carboxylic acid groups (broad SMARTS) is 1. The van der Waals surface area contributed by atoms with Crippen molar-refractivity contribution in [1.29, 1.82) is 0 Å². The Labute approximate surface area is 176 Å². The van der Waals surface area contributed by atoms with Crippen molar-refractivity contribution in [1.82, 2.24) is 0 Å². The average Bonchev–Trinajstić information content (AvgIpc) is 2.71. The second-order valence-corrected chi connectivity index (χ2v) is 7.55. The number of aromatic carboxylic acids is 1. The van der Waals surface area contributed by atoms with Crippen LogP contribution in [0.2, 0.25) is 0 Å². The van der Waals surface area contributed by atoms with Crippen molar-refractivity contribution in [2.75, 3.05) is 11.9 Å². The standard InChI is InChI=1S/C25H39NO3/c1-2-3-4-5-6-7-8-9-10-11-12-13-14-15-16-17-20-26-22-18-19-24(27)23(21-22)25(28)29/h6-7,9-10,18-19,21,26-27H,2-5,8,11-17,20H2,1H3,(H,28,29)/b7-6-,10-9-. The van der Waals surface area contributed by atoms with Gasteiger partial charge in [0.25, 0.3) is 0 Å². The Balaban J connectivity index is 1.94. The fourth-order valence-electron chi connectivity index (χ4n) is 3.16. The van der Waals surface area contributed by atoms with Gasteiger partial charge in [0.05, 0.1) is 0 Å². The number of benzene rings is 1. The number of hydrogen-bond donors (Lipinski definition) is 3. The van der Waals surface area contributed by atoms with Crippen LogP contribution in [0.25, 0.3) is 0 Å². The van der Waals surface area contributed by atoms with Gasteiger partial charge in [0.2, 0.25) is 0 Å². The minimum atomic E-state index is -1.11. The van der Waals surface area contributed by atoms with E-state index in [1.807, 2.05) is 0 Å². The Hall–Kier alpha value is -2.23. The van der Waals surface area contributed by atoms with Gasteiger partial charge in [-0.15, -0.1) is 0 Å². The van der Waals surface area contributed by atoms with Gasteiger partial charge in [0.15, 0.2) is 0 Å². The summed E-state index contributed by atoms with van der Waals surface area (Å²) in [6, 6.07) is 4.61. The molecule has 1 aromatic rings. The molecule has 0 aliphatic heterocycles. The Morgan fingerprint density at radius 2 is 1.52 bits per heavy atom. The first-order valence-corrected chi connectivity index (χ1v) is 11.2. The summed E-state index contributed by atoms with van der Waals surface area (Å²) in [5, 5.41) is 21.8. The monoisotopic (exact) mass is 401 g/mol. The molecule has 0 aliphatic carbocycles. The first-order chi connectivity index (χ1) is 14.1. The highest BCUT2D eigenvalue weighted by molar-refractivity contribution is 5.91. The van der Waals surface area contributed by atoms with Gasteiger partial charge in [-0.1, -0.05) is 69.8 Å². The van der Waals surface area contributed by atoms with Crippen LogP contribution in [0, 0.1) is 0 Å². The smallest absolute Gasteiger partial charge is 0.339 e. The lowest BCUT2D eigenvalue weighted by molar-refractivity contribution is 0.0694. The van der Waals surface area contributed by atoms with E-state index in [4.69, 9.17) is 5.11 Å². The van der Waals surface area contributed by atoms with E-state index in [9.17, 15) is 9.90 Å². The Morgan fingerprint density at radius 3 is 2.17 bits per heavy atom. The highest BCUT2D eigenvalue weighted by Crippen LogP contribution is 2.21. The second kappa shape index (κ2) is 16.7. The number of carbonyl (C=O) groups is 1. The molecular weight excluding hydrogens is 362 g/mol. The van der Waals surface area contributed by atoms with Crippen LogP contribution in [0.4, 0.5) is 5.69 Å². The van der Waals surface area contributed by atoms with Crippen LogP contribution < -0.4 is 5.32 Å². The van der Waals surface area contributed by atoms with Crippen LogP contribution in [0.3, 0.4) is 0 Å². The van der Waals surface area contributed by atoms with Crippen molar-refractivity contribution >= 4 is 11.7 Å². The number of carboxylic acids is 1. The van der Waals surface area contributed by atoms with Crippen LogP contribution in [0.1, 0.15) is 94.3 Å². The topological polar surface area (TPSA) is 69.6 Å². The summed E-state index contributed by atoms with van der Waals surface area (Å²) in [4.78, 5) is 11.0. The van der Waals surface area contributed by atoms with E-state index in [0.717, 1.165) is 25.1 Å². The number of anilines is 1. The quantitative estimate of drug-likeness (QED) is 0.145. The number of nitrogens with one attached hydrogen (secondary N) is 1. The molecule has 0 bridgehead atoms. The van der Waals surface area contributed by atoms with Crippen molar-refractivity contribution in [2.45, 2.75) is 84.0 Å². The number of unbranched alkanes of at least 4 members (excludes halogenated alkanes) is 9. The van der Waals surface area contributed by atoms with E-state index in [2.05, 4.69) is 36.5 Å². The van der Waals surface area contributed by atoms with Crippen LogP contribution in [-0.4, -0.2) is 22.7 Å². The first-order valence-electron chi connectivity index (χ1n) is 11.2. The SMILES string of the molecule is CCCCC/C=C\C/C=C\CCCCCCCCNc1ccc(O)c(C(=O)O)c1. The van der Waals surface area contributed by atoms with E-state index >= 15 is 0 Å². The Kier molecular flexibility index (Phi) is 14.3. The number of aromatic hydroxyl groups is 1. The van der Waals surface area contributed by atoms with Crippen LogP contribution >= 0.6 is 0 Å². The zero-order valence-electron chi connectivity index (χ0n) is 18.0. The lowest BCUT2D eigenvalue weighted by Gasteiger charge is -2.08. The first kappa shape index (κ1) is 24.8. The molecular formula is C25H39NO3. The lowest BCUT2D eigenvalue weighted by Crippen LogP contribution is -2.03. The average molecular weight is 402 g/mol. The van der Waals surface area contributed by atoms with E-state index in [1.54, 1.807) is 6.07 Å². The third kappa shape index (κ3) is 12.8. The molecule has 0 aliphatic rings. The molecule has 0 radical (unpaired) electrons. The normalized spacial score (nSPS) is 11.5. The number of phenols is 1. The van der Waals surface area contributed by atoms with Crippen LogP contribution in [0.5, 0.6) is 5.75 Å². The molecule has 3 N–H and O–H groups in total. The number of hydrogen-bond acceptors (Lipinski definition) is 3. The summed E-state index contributed by atoms with van der Waals surface area (Å²) in [5.41, 5.74) is 0.676. The molecule has 1 aromatic carbocycles. The molecule has 0 unspecified atom stereocenters. The minimum Gasteiger partial charge on any atom is -0.507 e. The fourth-order valence-corrected chi connectivity index (χ4v) is 3.16. The van der Waals surface area contributed by atoms with Gasteiger partial charge in [0.1, 0.15) is 11.3 Å². The highest BCUT2D eigenvalue weighted by Gasteiger charge is 2.09. The van der Waals surface area contributed by atoms with E-state index < -0.39 is 5.97 Å². The van der Waals surface area contributed by atoms with Gasteiger partial charge in [0, 0.05) is 12.2 Å². The summed E-state index contributed by atoms with van der Waals surface area (Å²) in [5.74, 6) is -1.31. The van der Waals surface area contributed by atoms with Crippen LogP contribution in [0.15, 0.2) is 42.5 Å². The molecule has 0 fully saturated rings. The Morgan fingerprint density at radius 1 is 0.897 bits per heavy atom. The zero-order chi connectivity index (χ0) is 21.2. The van der Waals surface area contributed by atoms with Crippen LogP contribution in [-0.2, 0) is 0 Å². The molecule has 0 spiro atoms. The van der Waals surface area contributed by atoms with E-state index in [0.29, 0.717) is 0 Å². The lowest BCUT2D eigenvalue weighted by atomic mass is 10.1. The third-order valence-electron chi connectivity index (χ3n) is 4.93. The van der Waals surface area contributed by atoms with E-state index in [-0.39, 0.29) is 11.3 Å². The number of rotatable bonds is 17. The van der Waals surface area contributed by atoms with Crippen molar-refractivity contribution in [2.24, 2.45) is 0 Å². The van der Waals surface area contributed by atoms with Crippen molar-refractivity contribution in [3.63, 3.8) is 0 Å². The highest BCUT2D eigenvalue weighted by atomic mass is 16.4. The minimum absolute atomic E-state index is 0.0629. The van der Waals surface area contributed by atoms with Gasteiger partial charge >= 0.3 is 5.97 Å². The molecule has 0 saturated carbocycles. The van der Waals surface area contributed by atoms with Gasteiger partial charge in [-0.3, -0.25) is 0 Å². The maximum absolute atomic E-state index is 11.0. The van der Waals surface area contributed by atoms with Gasteiger partial charge in [-0.05, 0) is 56.7 Å². The largest absolute Gasteiger partial charge is 0.507 e. The molecule has 0 aromatic heterocycles. The fraction of sp³-hybridized carbons (Fsp3) is 0.560. The molecule has 0 atom stereocenters. The molecule has 4 nitrogen and oxygen atoms in total. The molecule has 0 heterocycles. The summed E-state index contributed by atoms with van der Waals surface area (Å²) < 4.78 is 0. The summed E-state index contributed by atoms with van der Waals surface area (Å²) in [6.45, 7) is 3.06. The van der Waals surface area contributed by atoms with Crippen molar-refractivity contribution in [3.05, 3.63) is 48.1 Å². The molecule has 162 valence electrons. The molecule has 0 saturated heterocycles. The van der Waals surface area contributed by atoms with Gasteiger partial charge < -0.3 is 15.5 Å². The maximum atomic E-state index is 11.0. The molecule has 29 heavy (non-hydrogen) atoms. The molecule has 4 heteroatoms. The summed E-state index contributed by atoms with van der Waals surface area (Å²) in [7, 11) is 0. The van der Waals surface area contributed by atoms with Gasteiger partial charge in [-0.2, -0.15) is 0 Å². The maximum Gasteiger partial charge on any atom is 0.339 e. The van der Waals surface area contributed by atoms with Crippen molar-refractivity contribution < 1.29 is 15.0 Å². The summed E-state index contributed by atoms with van der Waals surface area (Å²) >= 11 is 0. The summed E-state index contributed by atoms with van der Waals surface area (Å²) in [6.07, 6.45) is 23.9. The Bertz CT molecular complexity index is 622. The second-order valence-electron chi connectivity index (χ2n) is 7.55.